The Bertz CT molecular complexity index is 1040. The average Bonchev–Trinajstić information content (AvgIpc) is 3.26. The van der Waals surface area contributed by atoms with Gasteiger partial charge in [-0.05, 0) is 13.8 Å². The first-order chi connectivity index (χ1) is 15.9. The lowest BCUT2D eigenvalue weighted by Crippen LogP contribution is -2.30. The molecule has 0 spiro atoms. The van der Waals surface area contributed by atoms with Gasteiger partial charge in [0.25, 0.3) is 0 Å². The Morgan fingerprint density at radius 2 is 0.972 bits per heavy atom. The lowest BCUT2D eigenvalue weighted by Gasteiger charge is -2.22. The number of aryl methyl sites for hydroxylation is 4. The Morgan fingerprint density at radius 1 is 0.722 bits per heavy atom. The van der Waals surface area contributed by atoms with Gasteiger partial charge >= 0.3 is 18.3 Å². The molecule has 0 amide bonds. The van der Waals surface area contributed by atoms with E-state index in [9.17, 15) is 60.4 Å². The van der Waals surface area contributed by atoms with E-state index in [-0.39, 0.29) is 0 Å². The van der Waals surface area contributed by atoms with Gasteiger partial charge in [-0.25, -0.2) is 35.1 Å². The van der Waals surface area contributed by atoms with Crippen molar-refractivity contribution in [2.75, 3.05) is 0 Å². The lowest BCUT2D eigenvalue weighted by atomic mass is 10.3. The summed E-state index contributed by atoms with van der Waals surface area (Å²) < 4.78 is 156. The van der Waals surface area contributed by atoms with E-state index in [0.717, 1.165) is 17.2 Å². The summed E-state index contributed by atoms with van der Waals surface area (Å²) in [5.74, 6) is 0. The molecule has 0 fully saturated rings. The van der Waals surface area contributed by atoms with Crippen LogP contribution in [-0.4, -0.2) is 44.2 Å². The zero-order valence-electron chi connectivity index (χ0n) is 18.9. The van der Waals surface area contributed by atoms with E-state index in [1.165, 1.54) is 0 Å². The highest BCUT2D eigenvalue weighted by Crippen LogP contribution is 2.36. The molecular formula is C14H22BF10N5O4S2. The number of sulfonamides is 2. The summed E-state index contributed by atoms with van der Waals surface area (Å²) in [4.78, 5) is 0. The fraction of sp³-hybridized carbons (Fsp3) is 0.571. The maximum Gasteiger partial charge on any atom is 0.673 e. The molecule has 9 nitrogen and oxygen atoms in total. The topological polar surface area (TPSA) is 100 Å². The van der Waals surface area contributed by atoms with Crippen LogP contribution in [0.3, 0.4) is 0 Å². The molecule has 2 rings (SSSR count). The largest absolute Gasteiger partial charge is 0.673 e. The first kappa shape index (κ1) is 35.8. The van der Waals surface area contributed by atoms with Gasteiger partial charge in [0.2, 0.25) is 12.7 Å². The monoisotopic (exact) mass is 589 g/mol. The Morgan fingerprint density at radius 3 is 1.08 bits per heavy atom. The van der Waals surface area contributed by atoms with Crippen molar-refractivity contribution in [3.05, 3.63) is 41.6 Å². The highest BCUT2D eigenvalue weighted by atomic mass is 32.3. The average molecular weight is 589 g/mol. The van der Waals surface area contributed by atoms with Crippen LogP contribution in [0.1, 0.15) is 13.8 Å². The summed E-state index contributed by atoms with van der Waals surface area (Å²) in [6.07, 6.45) is 12.3. The molecule has 212 valence electrons. The van der Waals surface area contributed by atoms with Gasteiger partial charge in [-0.3, -0.25) is 0 Å². The molecule has 0 saturated heterocycles. The summed E-state index contributed by atoms with van der Waals surface area (Å²) in [7, 11) is -15.4. The van der Waals surface area contributed by atoms with Crippen molar-refractivity contribution < 1.29 is 69.6 Å². The van der Waals surface area contributed by atoms with Crippen LogP contribution < -0.4 is 9.13 Å². The number of hydrogen-bond donors (Lipinski definition) is 0. The van der Waals surface area contributed by atoms with Crippen molar-refractivity contribution in [1.82, 2.24) is 9.13 Å². The van der Waals surface area contributed by atoms with E-state index >= 15 is 0 Å². The summed E-state index contributed by atoms with van der Waals surface area (Å²) >= 11 is 0. The molecule has 0 aliphatic rings. The van der Waals surface area contributed by atoms with Crippen molar-refractivity contribution in [2.45, 2.75) is 38.0 Å². The minimum absolute atomic E-state index is 0.778. The van der Waals surface area contributed by atoms with Gasteiger partial charge in [0.1, 0.15) is 24.8 Å². The van der Waals surface area contributed by atoms with Gasteiger partial charge in [-0.15, -0.1) is 0 Å². The second-order valence-corrected chi connectivity index (χ2v) is 9.65. The molecular weight excluding hydrogens is 567 g/mol. The van der Waals surface area contributed by atoms with Crippen molar-refractivity contribution in [1.29, 1.82) is 0 Å². The molecule has 2 aromatic rings. The van der Waals surface area contributed by atoms with Crippen LogP contribution in [0.15, 0.2) is 37.4 Å². The molecule has 0 saturated carbocycles. The van der Waals surface area contributed by atoms with E-state index in [1.54, 1.807) is 0 Å². The number of alkyl halides is 6. The summed E-state index contributed by atoms with van der Waals surface area (Å²) in [5.41, 5.74) is -12.4. The molecule has 0 aliphatic carbocycles. The summed E-state index contributed by atoms with van der Waals surface area (Å²) in [6.45, 7) is 6.36. The second-order valence-electron chi connectivity index (χ2n) is 6.23. The zero-order chi connectivity index (χ0) is 29.2. The van der Waals surface area contributed by atoms with Crippen molar-refractivity contribution in [3.8, 4) is 0 Å². The number of hydrogen-bond acceptors (Lipinski definition) is 4. The predicted molar refractivity (Wildman–Crippen MR) is 106 cm³/mol. The molecule has 0 atom stereocenters. The van der Waals surface area contributed by atoms with E-state index in [1.807, 2.05) is 35.6 Å². The molecule has 2 aromatic heterocycles. The summed E-state index contributed by atoms with van der Waals surface area (Å²) in [5, 5.41) is 0. The standard InChI is InChI=1S/2C6H11N2.C2F6NO4S2.BF4/c2*1-3-8-5-4-7(2)6-8;3-1(4,5)14(10,11)9-15(12,13)2(6,7)8;2-1(3,4)5/h2*4-6H,3H2,1-2H3;;/q2*+1;2*-1. The zero-order valence-corrected chi connectivity index (χ0v) is 20.6. The van der Waals surface area contributed by atoms with Crippen molar-refractivity contribution in [2.24, 2.45) is 14.1 Å². The van der Waals surface area contributed by atoms with E-state index in [4.69, 9.17) is 0 Å². The predicted octanol–water partition coefficient (Wildman–Crippen LogP) is 3.02. The van der Waals surface area contributed by atoms with Crippen LogP contribution in [0.25, 0.3) is 4.13 Å². The number of halogens is 10. The minimum Gasteiger partial charge on any atom is -0.421 e. The van der Waals surface area contributed by atoms with Gasteiger partial charge < -0.3 is 21.4 Å². The first-order valence-corrected chi connectivity index (χ1v) is 12.0. The Kier molecular flexibility index (Phi) is 13.7. The Balaban J connectivity index is 0. The maximum atomic E-state index is 11.4. The highest BCUT2D eigenvalue weighted by Gasteiger charge is 2.46. The molecule has 2 heterocycles. The number of nitrogens with zero attached hydrogens (tertiary/aromatic N) is 5. The van der Waals surface area contributed by atoms with Gasteiger partial charge in [0.15, 0.2) is 20.0 Å². The first-order valence-electron chi connectivity index (χ1n) is 9.12. The van der Waals surface area contributed by atoms with Gasteiger partial charge in [-0.2, -0.15) is 26.3 Å². The van der Waals surface area contributed by atoms with Crippen LogP contribution >= 0.6 is 0 Å². The maximum absolute atomic E-state index is 11.4. The molecule has 0 bridgehead atoms. The normalized spacial score (nSPS) is 12.4. The van der Waals surface area contributed by atoms with Crippen LogP contribution in [0.5, 0.6) is 0 Å². The molecule has 0 aromatic carbocycles. The number of imidazole rings is 2. The quantitative estimate of drug-likeness (QED) is 0.311. The number of aromatic nitrogens is 4. The van der Waals surface area contributed by atoms with Crippen LogP contribution in [0, 0.1) is 0 Å². The Labute approximate surface area is 200 Å². The minimum atomic E-state index is -6.72. The molecule has 0 aliphatic heterocycles. The SMILES string of the molecule is CCn1cc[n+](C)c1.CCn1cc[n+](C)c1.F[B-](F)(F)F.O=S(=O)([N-]S(=O)(=O)C(F)(F)F)C(F)(F)F. The van der Waals surface area contributed by atoms with Gasteiger partial charge in [0.05, 0.1) is 27.2 Å². The third-order valence-electron chi connectivity index (χ3n) is 3.16. The van der Waals surface area contributed by atoms with Crippen molar-refractivity contribution >= 4 is 27.3 Å². The molecule has 22 heteroatoms. The van der Waals surface area contributed by atoms with Crippen LogP contribution in [0.2, 0.25) is 0 Å². The van der Waals surface area contributed by atoms with Gasteiger partial charge in [0, 0.05) is 0 Å². The second kappa shape index (κ2) is 13.8. The lowest BCUT2D eigenvalue weighted by molar-refractivity contribution is -0.671. The number of rotatable bonds is 4. The molecule has 0 unspecified atom stereocenters. The summed E-state index contributed by atoms with van der Waals surface area (Å²) in [6, 6.07) is 0. The van der Waals surface area contributed by atoms with E-state index in [0.29, 0.717) is 0 Å². The fourth-order valence-corrected chi connectivity index (χ4v) is 3.30. The Hall–Kier alpha value is -2.36. The highest BCUT2D eigenvalue weighted by molar-refractivity contribution is 8.13. The smallest absolute Gasteiger partial charge is 0.421 e. The van der Waals surface area contributed by atoms with E-state index in [2.05, 4.69) is 48.0 Å². The van der Waals surface area contributed by atoms with Crippen molar-refractivity contribution in [3.63, 3.8) is 0 Å². The fourth-order valence-electron chi connectivity index (χ4n) is 1.59. The van der Waals surface area contributed by atoms with Crippen LogP contribution in [-0.2, 0) is 47.2 Å². The van der Waals surface area contributed by atoms with Crippen LogP contribution in [0.4, 0.5) is 43.6 Å². The molecule has 0 N–H and O–H groups in total. The molecule has 36 heavy (non-hydrogen) atoms. The van der Waals surface area contributed by atoms with Gasteiger partial charge in [-0.1, -0.05) is 0 Å². The molecule has 0 radical (unpaired) electrons. The third-order valence-corrected chi connectivity index (χ3v) is 5.90. The third kappa shape index (κ3) is 15.6. The van der Waals surface area contributed by atoms with E-state index < -0.39 is 38.3 Å².